The maximum Gasteiger partial charge on any atom is 0.488 e. The van der Waals surface area contributed by atoms with Crippen LogP contribution in [0.3, 0.4) is 0 Å². The van der Waals surface area contributed by atoms with Crippen LogP contribution in [0.1, 0.15) is 35.4 Å². The van der Waals surface area contributed by atoms with E-state index in [0.717, 1.165) is 24.0 Å². The third-order valence-corrected chi connectivity index (χ3v) is 2.85. The molecule has 2 rings (SSSR count). The summed E-state index contributed by atoms with van der Waals surface area (Å²) in [6.45, 7) is 1.78. The fraction of sp³-hybridized carbons (Fsp3) is 0.364. The molecule has 0 aliphatic heterocycles. The molecule has 3 nitrogen and oxygen atoms in total. The quantitative estimate of drug-likeness (QED) is 0.681. The van der Waals surface area contributed by atoms with E-state index in [9.17, 15) is 0 Å². The van der Waals surface area contributed by atoms with Crippen LogP contribution in [0, 0.1) is 18.3 Å². The molecule has 0 amide bonds. The average molecular weight is 201 g/mol. The Morgan fingerprint density at radius 1 is 1.40 bits per heavy atom. The molecule has 1 aliphatic rings. The molecule has 1 saturated carbocycles. The van der Waals surface area contributed by atoms with Crippen molar-refractivity contribution in [2.45, 2.75) is 25.7 Å². The molecule has 1 aromatic rings. The molecule has 76 valence electrons. The summed E-state index contributed by atoms with van der Waals surface area (Å²) in [5, 5.41) is 27.3. The second-order valence-electron chi connectivity index (χ2n) is 4.06. The minimum absolute atomic E-state index is 0.442. The van der Waals surface area contributed by atoms with Crippen molar-refractivity contribution in [1.82, 2.24) is 0 Å². The molecule has 4 heteroatoms. The lowest BCUT2D eigenvalue weighted by Gasteiger charge is -2.09. The topological polar surface area (TPSA) is 64.2 Å². The number of hydrogen-bond donors (Lipinski definition) is 2. The molecule has 0 spiro atoms. The lowest BCUT2D eigenvalue weighted by atomic mass is 9.75. The van der Waals surface area contributed by atoms with E-state index in [1.807, 2.05) is 0 Å². The van der Waals surface area contributed by atoms with E-state index >= 15 is 0 Å². The second kappa shape index (κ2) is 3.69. The molecule has 0 unspecified atom stereocenters. The molecule has 0 saturated heterocycles. The Hall–Kier alpha value is -1.31. The average Bonchev–Trinajstić information content (AvgIpc) is 3.00. The van der Waals surface area contributed by atoms with Crippen LogP contribution < -0.4 is 5.46 Å². The van der Waals surface area contributed by atoms with Crippen molar-refractivity contribution < 1.29 is 10.0 Å². The number of benzene rings is 1. The van der Waals surface area contributed by atoms with Crippen molar-refractivity contribution in [3.8, 4) is 6.07 Å². The van der Waals surface area contributed by atoms with Gasteiger partial charge in [0, 0.05) is 0 Å². The summed E-state index contributed by atoms with van der Waals surface area (Å²) in [5.74, 6) is 0.442. The molecule has 15 heavy (non-hydrogen) atoms. The number of hydrogen-bond acceptors (Lipinski definition) is 3. The van der Waals surface area contributed by atoms with Gasteiger partial charge in [0.25, 0.3) is 0 Å². The lowest BCUT2D eigenvalue weighted by molar-refractivity contribution is 0.425. The summed E-state index contributed by atoms with van der Waals surface area (Å²) < 4.78 is 0. The van der Waals surface area contributed by atoms with Gasteiger partial charge in [-0.3, -0.25) is 0 Å². The molecular formula is C11H12BNO2. The SMILES string of the molecule is Cc1cc(C#N)c(C2CC2)cc1B(O)O. The van der Waals surface area contributed by atoms with Gasteiger partial charge in [0.15, 0.2) is 0 Å². The first-order valence-corrected chi connectivity index (χ1v) is 5.04. The molecule has 1 aromatic carbocycles. The number of rotatable bonds is 2. The molecule has 0 radical (unpaired) electrons. The molecule has 0 heterocycles. The fourth-order valence-electron chi connectivity index (χ4n) is 1.85. The second-order valence-corrected chi connectivity index (χ2v) is 4.06. The van der Waals surface area contributed by atoms with E-state index in [-0.39, 0.29) is 0 Å². The summed E-state index contributed by atoms with van der Waals surface area (Å²) in [6.07, 6.45) is 2.19. The smallest absolute Gasteiger partial charge is 0.423 e. The predicted molar refractivity (Wildman–Crippen MR) is 57.7 cm³/mol. The highest BCUT2D eigenvalue weighted by Crippen LogP contribution is 2.41. The third-order valence-electron chi connectivity index (χ3n) is 2.85. The van der Waals surface area contributed by atoms with Crippen LogP contribution in [0.25, 0.3) is 0 Å². The molecule has 0 atom stereocenters. The minimum Gasteiger partial charge on any atom is -0.423 e. The largest absolute Gasteiger partial charge is 0.488 e. The number of aryl methyl sites for hydroxylation is 1. The fourth-order valence-corrected chi connectivity index (χ4v) is 1.85. The zero-order valence-electron chi connectivity index (χ0n) is 8.57. The lowest BCUT2D eigenvalue weighted by Crippen LogP contribution is -2.32. The van der Waals surface area contributed by atoms with Crippen molar-refractivity contribution in [1.29, 1.82) is 5.26 Å². The van der Waals surface area contributed by atoms with Gasteiger partial charge < -0.3 is 10.0 Å². The van der Waals surface area contributed by atoms with E-state index in [1.165, 1.54) is 0 Å². The van der Waals surface area contributed by atoms with Crippen molar-refractivity contribution >= 4 is 12.6 Å². The zero-order chi connectivity index (χ0) is 11.0. The van der Waals surface area contributed by atoms with Crippen LogP contribution in [0.2, 0.25) is 0 Å². The van der Waals surface area contributed by atoms with E-state index in [0.29, 0.717) is 16.9 Å². The van der Waals surface area contributed by atoms with Gasteiger partial charge in [-0.1, -0.05) is 11.6 Å². The highest BCUT2D eigenvalue weighted by atomic mass is 16.4. The van der Waals surface area contributed by atoms with Gasteiger partial charge in [0.2, 0.25) is 0 Å². The van der Waals surface area contributed by atoms with Crippen molar-refractivity contribution in [3.63, 3.8) is 0 Å². The summed E-state index contributed by atoms with van der Waals surface area (Å²) in [7, 11) is -1.45. The molecule has 0 aromatic heterocycles. The van der Waals surface area contributed by atoms with Crippen molar-refractivity contribution in [2.24, 2.45) is 0 Å². The zero-order valence-corrected chi connectivity index (χ0v) is 8.57. The van der Waals surface area contributed by atoms with E-state index in [2.05, 4.69) is 6.07 Å². The van der Waals surface area contributed by atoms with Crippen LogP contribution in [-0.4, -0.2) is 17.2 Å². The third kappa shape index (κ3) is 1.89. The Kier molecular flexibility index (Phi) is 2.51. The van der Waals surface area contributed by atoms with Crippen LogP contribution >= 0.6 is 0 Å². The Labute approximate surface area is 89.1 Å². The van der Waals surface area contributed by atoms with Gasteiger partial charge in [0.05, 0.1) is 11.6 Å². The first-order valence-electron chi connectivity index (χ1n) is 5.04. The van der Waals surface area contributed by atoms with Gasteiger partial charge in [-0.05, 0) is 42.8 Å². The number of nitriles is 1. The van der Waals surface area contributed by atoms with Gasteiger partial charge in [0.1, 0.15) is 0 Å². The Morgan fingerprint density at radius 2 is 2.07 bits per heavy atom. The van der Waals surface area contributed by atoms with Gasteiger partial charge in [-0.25, -0.2) is 0 Å². The first-order chi connectivity index (χ1) is 7.13. The van der Waals surface area contributed by atoms with Crippen LogP contribution in [-0.2, 0) is 0 Å². The summed E-state index contributed by atoms with van der Waals surface area (Å²) in [4.78, 5) is 0. The van der Waals surface area contributed by atoms with Crippen molar-refractivity contribution in [2.75, 3.05) is 0 Å². The van der Waals surface area contributed by atoms with E-state index in [1.54, 1.807) is 19.1 Å². The van der Waals surface area contributed by atoms with Crippen LogP contribution in [0.5, 0.6) is 0 Å². The summed E-state index contributed by atoms with van der Waals surface area (Å²) in [5.41, 5.74) is 2.90. The Morgan fingerprint density at radius 3 is 2.53 bits per heavy atom. The molecule has 2 N–H and O–H groups in total. The normalized spacial score (nSPS) is 14.8. The van der Waals surface area contributed by atoms with Crippen LogP contribution in [0.4, 0.5) is 0 Å². The van der Waals surface area contributed by atoms with Gasteiger partial charge >= 0.3 is 7.12 Å². The molecule has 1 fully saturated rings. The van der Waals surface area contributed by atoms with Gasteiger partial charge in [-0.15, -0.1) is 0 Å². The van der Waals surface area contributed by atoms with Gasteiger partial charge in [-0.2, -0.15) is 5.26 Å². The Balaban J connectivity index is 2.52. The number of nitrogens with zero attached hydrogens (tertiary/aromatic N) is 1. The maximum atomic E-state index is 9.17. The first kappa shape index (κ1) is 10.2. The highest BCUT2D eigenvalue weighted by Gasteiger charge is 2.28. The monoisotopic (exact) mass is 201 g/mol. The van der Waals surface area contributed by atoms with E-state index < -0.39 is 7.12 Å². The summed E-state index contributed by atoms with van der Waals surface area (Å²) in [6, 6.07) is 5.66. The highest BCUT2D eigenvalue weighted by molar-refractivity contribution is 6.59. The molecule has 0 bridgehead atoms. The minimum atomic E-state index is -1.45. The van der Waals surface area contributed by atoms with E-state index in [4.69, 9.17) is 15.3 Å². The molecular weight excluding hydrogens is 189 g/mol. The van der Waals surface area contributed by atoms with Crippen LogP contribution in [0.15, 0.2) is 12.1 Å². The maximum absolute atomic E-state index is 9.17. The standard InChI is InChI=1S/C11H12BNO2/c1-7-4-9(6-13)10(8-2-3-8)5-11(7)12(14)15/h4-5,8,14-15H,2-3H2,1H3. The predicted octanol–water partition coefficient (Wildman–Crippen LogP) is 0.424. The summed E-state index contributed by atoms with van der Waals surface area (Å²) >= 11 is 0. The van der Waals surface area contributed by atoms with Crippen molar-refractivity contribution in [3.05, 3.63) is 28.8 Å². The Bertz CT molecular complexity index is 433. The molecule has 1 aliphatic carbocycles.